The summed E-state index contributed by atoms with van der Waals surface area (Å²) < 4.78 is 0. The third-order valence-corrected chi connectivity index (χ3v) is 10.2. The second kappa shape index (κ2) is 7.69. The van der Waals surface area contributed by atoms with Gasteiger partial charge < -0.3 is 0 Å². The van der Waals surface area contributed by atoms with Crippen LogP contribution >= 0.6 is 0 Å². The molecule has 2 saturated carbocycles. The Labute approximate surface area is 179 Å². The quantitative estimate of drug-likeness (QED) is 0.441. The Morgan fingerprint density at radius 2 is 1.86 bits per heavy atom. The van der Waals surface area contributed by atoms with Crippen LogP contribution in [0.2, 0.25) is 0 Å². The molecule has 1 heteroatoms. The van der Waals surface area contributed by atoms with Gasteiger partial charge in [-0.2, -0.15) is 0 Å². The van der Waals surface area contributed by atoms with E-state index in [0.29, 0.717) is 22.5 Å². The molecule has 0 heterocycles. The van der Waals surface area contributed by atoms with E-state index in [0.717, 1.165) is 30.6 Å². The average molecular weight is 397 g/mol. The molecule has 7 atom stereocenters. The summed E-state index contributed by atoms with van der Waals surface area (Å²) in [4.78, 5) is 12.4. The molecule has 0 aromatic rings. The predicted octanol–water partition coefficient (Wildman–Crippen LogP) is 7.91. The Morgan fingerprint density at radius 1 is 1.10 bits per heavy atom. The summed E-state index contributed by atoms with van der Waals surface area (Å²) >= 11 is 0. The van der Waals surface area contributed by atoms with E-state index >= 15 is 0 Å². The number of hydrogen-bond acceptors (Lipinski definition) is 1. The number of carbonyl (C=O) groups excluding carboxylic acids is 1. The maximum atomic E-state index is 12.4. The minimum atomic E-state index is 0.280. The minimum Gasteiger partial charge on any atom is -0.299 e. The van der Waals surface area contributed by atoms with E-state index in [4.69, 9.17) is 0 Å². The van der Waals surface area contributed by atoms with Gasteiger partial charge in [-0.3, -0.25) is 4.79 Å². The zero-order valence-corrected chi connectivity index (χ0v) is 19.9. The lowest BCUT2D eigenvalue weighted by Crippen LogP contribution is -2.47. The lowest BCUT2D eigenvalue weighted by Gasteiger charge is -2.55. The van der Waals surface area contributed by atoms with Gasteiger partial charge in [0, 0.05) is 12.3 Å². The zero-order valence-electron chi connectivity index (χ0n) is 19.9. The number of allylic oxidation sites excluding steroid dienone is 4. The predicted molar refractivity (Wildman–Crippen MR) is 123 cm³/mol. The van der Waals surface area contributed by atoms with Crippen molar-refractivity contribution in [1.82, 2.24) is 0 Å². The lowest BCUT2D eigenvalue weighted by atomic mass is 9.49. The van der Waals surface area contributed by atoms with Gasteiger partial charge in [0.15, 0.2) is 0 Å². The summed E-state index contributed by atoms with van der Waals surface area (Å²) in [6.45, 7) is 14.4. The smallest absolute Gasteiger partial charge is 0.136 e. The first-order chi connectivity index (χ1) is 13.7. The summed E-state index contributed by atoms with van der Waals surface area (Å²) in [5.41, 5.74) is 5.99. The molecule has 0 saturated heterocycles. The van der Waals surface area contributed by atoms with Gasteiger partial charge in [0.2, 0.25) is 0 Å². The topological polar surface area (TPSA) is 17.1 Å². The highest BCUT2D eigenvalue weighted by atomic mass is 16.1. The van der Waals surface area contributed by atoms with Gasteiger partial charge in [-0.15, -0.1) is 0 Å². The van der Waals surface area contributed by atoms with E-state index < -0.39 is 0 Å². The van der Waals surface area contributed by atoms with Gasteiger partial charge in [0.05, 0.1) is 0 Å². The Balaban J connectivity index is 1.57. The second-order valence-electron chi connectivity index (χ2n) is 11.9. The SMILES string of the molecule is CC(C)=CCC[C@@H](C)[C@H]1CC[C@H]2C3=C(CC[C@]12C)[C@@]1(C)CCC(=O)[C@@H](C)[C@@H]1CC3. The Bertz CT molecular complexity index is 723. The average Bonchev–Trinajstić information content (AvgIpc) is 3.02. The Kier molecular flexibility index (Phi) is 5.67. The molecule has 0 N–H and O–H groups in total. The minimum absolute atomic E-state index is 0.280. The first kappa shape index (κ1) is 21.4. The van der Waals surface area contributed by atoms with Crippen LogP contribution in [0.15, 0.2) is 22.8 Å². The van der Waals surface area contributed by atoms with Crippen LogP contribution in [-0.4, -0.2) is 5.78 Å². The van der Waals surface area contributed by atoms with E-state index in [9.17, 15) is 4.79 Å². The molecule has 0 unspecified atom stereocenters. The standard InChI is InChI=1S/C28H44O/c1-18(2)8-7-9-19(3)22-12-13-24-21-10-11-23-20(4)26(29)15-17-28(23,6)25(21)14-16-27(22,24)5/h8,19-20,22-24H,7,9-17H2,1-6H3/t19-,20+,22-,23+,24+,27-,28+/m1/s1. The first-order valence-corrected chi connectivity index (χ1v) is 12.6. The monoisotopic (exact) mass is 396 g/mol. The van der Waals surface area contributed by atoms with Crippen LogP contribution in [0.1, 0.15) is 106 Å². The van der Waals surface area contributed by atoms with Crippen LogP contribution < -0.4 is 0 Å². The maximum Gasteiger partial charge on any atom is 0.136 e. The van der Waals surface area contributed by atoms with Crippen molar-refractivity contribution in [2.75, 3.05) is 0 Å². The van der Waals surface area contributed by atoms with Crippen LogP contribution in [0.3, 0.4) is 0 Å². The second-order valence-corrected chi connectivity index (χ2v) is 11.9. The van der Waals surface area contributed by atoms with Gasteiger partial charge in [0.1, 0.15) is 5.78 Å². The normalized spacial score (nSPS) is 42.8. The third-order valence-electron chi connectivity index (χ3n) is 10.2. The van der Waals surface area contributed by atoms with E-state index in [-0.39, 0.29) is 5.92 Å². The summed E-state index contributed by atoms with van der Waals surface area (Å²) in [6.07, 6.45) is 15.1. The van der Waals surface area contributed by atoms with E-state index in [1.165, 1.54) is 56.9 Å². The number of fused-ring (bicyclic) bond motifs is 4. The summed E-state index contributed by atoms with van der Waals surface area (Å²) in [5, 5.41) is 0. The zero-order chi connectivity index (χ0) is 21.0. The molecule has 0 spiro atoms. The van der Waals surface area contributed by atoms with Crippen LogP contribution in [0.5, 0.6) is 0 Å². The van der Waals surface area contributed by atoms with Crippen molar-refractivity contribution < 1.29 is 4.79 Å². The molecule has 0 aromatic heterocycles. The fourth-order valence-corrected chi connectivity index (χ4v) is 8.54. The Morgan fingerprint density at radius 3 is 2.59 bits per heavy atom. The van der Waals surface area contributed by atoms with E-state index in [1.807, 2.05) is 11.1 Å². The van der Waals surface area contributed by atoms with Crippen molar-refractivity contribution in [3.63, 3.8) is 0 Å². The molecular weight excluding hydrogens is 352 g/mol. The molecule has 0 bridgehead atoms. The maximum absolute atomic E-state index is 12.4. The number of carbonyl (C=O) groups is 1. The third kappa shape index (κ3) is 3.39. The molecule has 2 fully saturated rings. The van der Waals surface area contributed by atoms with Crippen molar-refractivity contribution in [3.8, 4) is 0 Å². The van der Waals surface area contributed by atoms with Crippen molar-refractivity contribution in [3.05, 3.63) is 22.8 Å². The molecule has 162 valence electrons. The molecule has 1 nitrogen and oxygen atoms in total. The highest BCUT2D eigenvalue weighted by Crippen LogP contribution is 2.66. The van der Waals surface area contributed by atoms with Crippen LogP contribution in [0, 0.1) is 40.4 Å². The first-order valence-electron chi connectivity index (χ1n) is 12.6. The molecule has 4 aliphatic carbocycles. The van der Waals surface area contributed by atoms with E-state index in [1.54, 1.807) is 0 Å². The Hall–Kier alpha value is -0.850. The molecular formula is C28H44O. The highest BCUT2D eigenvalue weighted by molar-refractivity contribution is 5.82. The van der Waals surface area contributed by atoms with Crippen molar-refractivity contribution in [2.24, 2.45) is 40.4 Å². The summed E-state index contributed by atoms with van der Waals surface area (Å²) in [6, 6.07) is 0. The van der Waals surface area contributed by atoms with Crippen LogP contribution in [-0.2, 0) is 4.79 Å². The fraction of sp³-hybridized carbons (Fsp3) is 0.821. The van der Waals surface area contributed by atoms with Gasteiger partial charge >= 0.3 is 0 Å². The molecule has 29 heavy (non-hydrogen) atoms. The summed E-state index contributed by atoms with van der Waals surface area (Å²) in [7, 11) is 0. The largest absolute Gasteiger partial charge is 0.299 e. The molecule has 0 aromatic carbocycles. The summed E-state index contributed by atoms with van der Waals surface area (Å²) in [5.74, 6) is 3.97. The van der Waals surface area contributed by atoms with E-state index in [2.05, 4.69) is 47.6 Å². The van der Waals surface area contributed by atoms with Crippen molar-refractivity contribution in [2.45, 2.75) is 106 Å². The van der Waals surface area contributed by atoms with Crippen molar-refractivity contribution in [1.29, 1.82) is 0 Å². The van der Waals surface area contributed by atoms with Crippen molar-refractivity contribution >= 4 is 5.78 Å². The molecule has 4 aliphatic rings. The van der Waals surface area contributed by atoms with Gasteiger partial charge in [-0.1, -0.05) is 50.5 Å². The molecule has 0 amide bonds. The van der Waals surface area contributed by atoms with Gasteiger partial charge in [-0.05, 0) is 106 Å². The lowest BCUT2D eigenvalue weighted by molar-refractivity contribution is -0.130. The number of Topliss-reactive ketones (excluding diaryl/α,β-unsaturated/α-hetero) is 1. The van der Waals surface area contributed by atoms with Crippen LogP contribution in [0.4, 0.5) is 0 Å². The molecule has 0 aliphatic heterocycles. The van der Waals surface area contributed by atoms with Crippen LogP contribution in [0.25, 0.3) is 0 Å². The highest BCUT2D eigenvalue weighted by Gasteiger charge is 2.56. The van der Waals surface area contributed by atoms with Gasteiger partial charge in [-0.25, -0.2) is 0 Å². The fourth-order valence-electron chi connectivity index (χ4n) is 8.54. The number of hydrogen-bond donors (Lipinski definition) is 0. The van der Waals surface area contributed by atoms with Gasteiger partial charge in [0.25, 0.3) is 0 Å². The molecule has 0 radical (unpaired) electrons. The number of rotatable bonds is 4. The molecule has 4 rings (SSSR count). The number of ketones is 1.